The number of hydrogen-bond acceptors (Lipinski definition) is 5. The summed E-state index contributed by atoms with van der Waals surface area (Å²) < 4.78 is 17.3. The van der Waals surface area contributed by atoms with Gasteiger partial charge in [-0.25, -0.2) is 0 Å². The summed E-state index contributed by atoms with van der Waals surface area (Å²) in [6.07, 6.45) is 2.09. The molecule has 1 N–H and O–H groups in total. The molecule has 3 atom stereocenters. The van der Waals surface area contributed by atoms with Crippen LogP contribution in [0.3, 0.4) is 0 Å². The standard InChI is InChI=1S/C30H41NO4/c1-17-11-22-21(29(3,4)15-18(2)30(22,5)6)13-20(17)24(32)14-23-26-19(9-10-31(23)7)12-25-27(28(26)33-8)35-16-34-25/h11-13,18,23-24,32H,9-10,14-16H2,1-8H3. The van der Waals surface area contributed by atoms with Crippen LogP contribution < -0.4 is 14.2 Å². The summed E-state index contributed by atoms with van der Waals surface area (Å²) in [4.78, 5) is 2.33. The first kappa shape index (κ1) is 24.5. The van der Waals surface area contributed by atoms with Crippen LogP contribution in [-0.4, -0.2) is 37.5 Å². The number of methoxy groups -OCH3 is 1. The Morgan fingerprint density at radius 1 is 1.14 bits per heavy atom. The number of aryl methyl sites for hydroxylation is 1. The van der Waals surface area contributed by atoms with Gasteiger partial charge in [0.05, 0.1) is 13.2 Å². The molecule has 2 aliphatic heterocycles. The lowest BCUT2D eigenvalue weighted by Gasteiger charge is -2.47. The van der Waals surface area contributed by atoms with Crippen LogP contribution in [0.4, 0.5) is 0 Å². The molecule has 1 aliphatic carbocycles. The molecular formula is C30H41NO4. The normalized spacial score (nSPS) is 25.1. The summed E-state index contributed by atoms with van der Waals surface area (Å²) in [5.41, 5.74) is 7.59. The monoisotopic (exact) mass is 479 g/mol. The zero-order valence-electron chi connectivity index (χ0n) is 22.6. The van der Waals surface area contributed by atoms with Crippen molar-refractivity contribution in [3.05, 3.63) is 51.6 Å². The number of aliphatic hydroxyl groups is 1. The van der Waals surface area contributed by atoms with Crippen molar-refractivity contribution in [2.24, 2.45) is 5.92 Å². The molecule has 5 heteroatoms. The molecule has 0 bridgehead atoms. The van der Waals surface area contributed by atoms with Crippen molar-refractivity contribution in [2.75, 3.05) is 27.5 Å². The van der Waals surface area contributed by atoms with E-state index in [4.69, 9.17) is 14.2 Å². The third-order valence-corrected chi connectivity index (χ3v) is 9.23. The number of fused-ring (bicyclic) bond motifs is 3. The van der Waals surface area contributed by atoms with Crippen LogP contribution in [0.5, 0.6) is 17.2 Å². The molecule has 5 nitrogen and oxygen atoms in total. The smallest absolute Gasteiger partial charge is 0.231 e. The first-order valence-corrected chi connectivity index (χ1v) is 13.0. The average molecular weight is 480 g/mol. The van der Waals surface area contributed by atoms with Crippen LogP contribution in [0, 0.1) is 12.8 Å². The Labute approximate surface area is 210 Å². The number of likely N-dealkylation sites (N-methyl/N-ethyl adjacent to an activating group) is 1. The van der Waals surface area contributed by atoms with E-state index in [-0.39, 0.29) is 23.7 Å². The van der Waals surface area contributed by atoms with Crippen LogP contribution in [0.1, 0.15) is 93.0 Å². The van der Waals surface area contributed by atoms with E-state index in [1.807, 2.05) is 0 Å². The molecule has 35 heavy (non-hydrogen) atoms. The van der Waals surface area contributed by atoms with Gasteiger partial charge in [0, 0.05) is 18.2 Å². The lowest BCUT2D eigenvalue weighted by molar-refractivity contribution is 0.107. The highest BCUT2D eigenvalue weighted by molar-refractivity contribution is 5.62. The van der Waals surface area contributed by atoms with Crippen molar-refractivity contribution in [3.8, 4) is 17.2 Å². The highest BCUT2D eigenvalue weighted by Crippen LogP contribution is 2.52. The number of benzene rings is 2. The highest BCUT2D eigenvalue weighted by Gasteiger charge is 2.43. The van der Waals surface area contributed by atoms with E-state index < -0.39 is 6.10 Å². The van der Waals surface area contributed by atoms with Gasteiger partial charge in [-0.3, -0.25) is 4.90 Å². The molecule has 0 spiro atoms. The summed E-state index contributed by atoms with van der Waals surface area (Å²) in [5, 5.41) is 11.7. The largest absolute Gasteiger partial charge is 0.492 e. The van der Waals surface area contributed by atoms with Gasteiger partial charge in [0.1, 0.15) is 0 Å². The molecular weight excluding hydrogens is 438 g/mol. The molecule has 0 saturated carbocycles. The number of aliphatic hydroxyl groups excluding tert-OH is 1. The molecule has 5 rings (SSSR count). The molecule has 0 saturated heterocycles. The Morgan fingerprint density at radius 2 is 1.89 bits per heavy atom. The van der Waals surface area contributed by atoms with Crippen molar-refractivity contribution in [1.82, 2.24) is 4.90 Å². The fourth-order valence-electron chi connectivity index (χ4n) is 6.73. The van der Waals surface area contributed by atoms with Gasteiger partial charge in [0.15, 0.2) is 11.5 Å². The van der Waals surface area contributed by atoms with Gasteiger partial charge in [-0.05, 0) is 83.9 Å². The zero-order valence-corrected chi connectivity index (χ0v) is 22.6. The Kier molecular flexibility index (Phi) is 5.88. The Bertz CT molecular complexity index is 1150. The maximum Gasteiger partial charge on any atom is 0.231 e. The molecule has 2 heterocycles. The van der Waals surface area contributed by atoms with E-state index >= 15 is 0 Å². The number of ether oxygens (including phenoxy) is 3. The minimum atomic E-state index is -0.577. The SMILES string of the molecule is COc1c2c(cc3c1C(CC(O)c1cc4c(cc1C)C(C)(C)C(C)CC4(C)C)N(C)CC3)OCO2. The maximum atomic E-state index is 11.7. The quantitative estimate of drug-likeness (QED) is 0.585. The molecule has 0 fully saturated rings. The third-order valence-electron chi connectivity index (χ3n) is 9.23. The van der Waals surface area contributed by atoms with E-state index in [9.17, 15) is 5.11 Å². The van der Waals surface area contributed by atoms with E-state index in [1.165, 1.54) is 22.3 Å². The molecule has 3 unspecified atom stereocenters. The summed E-state index contributed by atoms with van der Waals surface area (Å²) in [6, 6.07) is 6.78. The van der Waals surface area contributed by atoms with Gasteiger partial charge in [-0.2, -0.15) is 0 Å². The van der Waals surface area contributed by atoms with Crippen LogP contribution in [-0.2, 0) is 17.3 Å². The Morgan fingerprint density at radius 3 is 2.60 bits per heavy atom. The van der Waals surface area contributed by atoms with Gasteiger partial charge in [0.25, 0.3) is 0 Å². The molecule has 0 radical (unpaired) electrons. The maximum absolute atomic E-state index is 11.7. The van der Waals surface area contributed by atoms with Crippen molar-refractivity contribution in [1.29, 1.82) is 0 Å². The molecule has 0 amide bonds. The highest BCUT2D eigenvalue weighted by atomic mass is 16.7. The average Bonchev–Trinajstić information content (AvgIpc) is 3.26. The van der Waals surface area contributed by atoms with E-state index in [0.29, 0.717) is 18.1 Å². The molecule has 3 aliphatic rings. The van der Waals surface area contributed by atoms with Crippen LogP contribution in [0.15, 0.2) is 18.2 Å². The number of rotatable bonds is 4. The Balaban J connectivity index is 1.54. The lowest BCUT2D eigenvalue weighted by Crippen LogP contribution is -2.40. The molecule has 2 aromatic carbocycles. The fraction of sp³-hybridized carbons (Fsp3) is 0.600. The minimum absolute atomic E-state index is 0.0260. The summed E-state index contributed by atoms with van der Waals surface area (Å²) in [7, 11) is 3.83. The predicted octanol–water partition coefficient (Wildman–Crippen LogP) is 5.98. The van der Waals surface area contributed by atoms with Gasteiger partial charge in [0.2, 0.25) is 12.5 Å². The lowest BCUT2D eigenvalue weighted by atomic mass is 9.58. The first-order valence-electron chi connectivity index (χ1n) is 13.0. The number of hydrogen-bond donors (Lipinski definition) is 1. The van der Waals surface area contributed by atoms with Gasteiger partial charge in [-0.1, -0.05) is 46.8 Å². The fourth-order valence-corrected chi connectivity index (χ4v) is 6.73. The second kappa shape index (κ2) is 8.41. The molecule has 0 aromatic heterocycles. The van der Waals surface area contributed by atoms with Crippen molar-refractivity contribution in [3.63, 3.8) is 0 Å². The summed E-state index contributed by atoms with van der Waals surface area (Å²) in [5.74, 6) is 2.80. The van der Waals surface area contributed by atoms with Crippen LogP contribution >= 0.6 is 0 Å². The Hall–Kier alpha value is -2.24. The van der Waals surface area contributed by atoms with Crippen molar-refractivity contribution in [2.45, 2.75) is 83.8 Å². The van der Waals surface area contributed by atoms with E-state index in [1.54, 1.807) is 7.11 Å². The number of nitrogens with zero attached hydrogens (tertiary/aromatic N) is 1. The van der Waals surface area contributed by atoms with Crippen molar-refractivity contribution < 1.29 is 19.3 Å². The van der Waals surface area contributed by atoms with E-state index in [0.717, 1.165) is 42.0 Å². The second-order valence-corrected chi connectivity index (χ2v) is 12.2. The first-order chi connectivity index (χ1) is 16.5. The molecule has 2 aromatic rings. The minimum Gasteiger partial charge on any atom is -0.492 e. The van der Waals surface area contributed by atoms with Crippen LogP contribution in [0.25, 0.3) is 0 Å². The topological polar surface area (TPSA) is 51.2 Å². The van der Waals surface area contributed by atoms with Gasteiger partial charge >= 0.3 is 0 Å². The zero-order chi connectivity index (χ0) is 25.3. The summed E-state index contributed by atoms with van der Waals surface area (Å²) >= 11 is 0. The van der Waals surface area contributed by atoms with Gasteiger partial charge < -0.3 is 19.3 Å². The summed E-state index contributed by atoms with van der Waals surface area (Å²) in [6.45, 7) is 15.1. The van der Waals surface area contributed by atoms with Crippen LogP contribution in [0.2, 0.25) is 0 Å². The predicted molar refractivity (Wildman–Crippen MR) is 139 cm³/mol. The van der Waals surface area contributed by atoms with E-state index in [2.05, 4.69) is 71.7 Å². The third kappa shape index (κ3) is 3.82. The molecule has 190 valence electrons. The van der Waals surface area contributed by atoms with Crippen molar-refractivity contribution >= 4 is 0 Å². The second-order valence-electron chi connectivity index (χ2n) is 12.2. The van der Waals surface area contributed by atoms with Gasteiger partial charge in [-0.15, -0.1) is 0 Å².